The molecule has 0 aromatic rings. The predicted octanol–water partition coefficient (Wildman–Crippen LogP) is 6.60. The van der Waals surface area contributed by atoms with Crippen molar-refractivity contribution < 1.29 is 24.4 Å². The Morgan fingerprint density at radius 2 is 1.03 bits per heavy atom. The van der Waals surface area contributed by atoms with E-state index in [1.54, 1.807) is 0 Å². The SMILES string of the molecule is C=C(CO)CSCCCCCCCCCCCCCCCCCC.O=P(O)(O)O. The summed E-state index contributed by atoms with van der Waals surface area (Å²) in [4.78, 5) is 21.6. The Hall–Kier alpha value is 0.160. The molecule has 0 aliphatic heterocycles. The molecule has 0 unspecified atom stereocenters. The fourth-order valence-corrected chi connectivity index (χ4v) is 3.95. The highest BCUT2D eigenvalue weighted by molar-refractivity contribution is 7.99. The Morgan fingerprint density at radius 3 is 1.34 bits per heavy atom. The molecule has 0 amide bonds. The summed E-state index contributed by atoms with van der Waals surface area (Å²) < 4.78 is 8.88. The fourth-order valence-electron chi connectivity index (χ4n) is 3.01. The summed E-state index contributed by atoms with van der Waals surface area (Å²) in [5, 5.41) is 8.87. The van der Waals surface area contributed by atoms with Gasteiger partial charge in [-0.3, -0.25) is 0 Å². The summed E-state index contributed by atoms with van der Waals surface area (Å²) in [5.74, 6) is 2.15. The molecule has 0 rings (SSSR count). The molecule has 5 nitrogen and oxygen atoms in total. The van der Waals surface area contributed by atoms with Crippen LogP contribution in [0.3, 0.4) is 0 Å². The van der Waals surface area contributed by atoms with Crippen molar-refractivity contribution in [1.29, 1.82) is 0 Å². The van der Waals surface area contributed by atoms with E-state index in [0.717, 1.165) is 11.3 Å². The second-order valence-corrected chi connectivity index (χ2v) is 9.91. The molecule has 0 radical (unpaired) electrons. The minimum Gasteiger partial charge on any atom is -0.392 e. The van der Waals surface area contributed by atoms with Gasteiger partial charge in [0.2, 0.25) is 0 Å². The molecule has 0 bridgehead atoms. The van der Waals surface area contributed by atoms with E-state index in [1.165, 1.54) is 108 Å². The number of phosphoric acid groups is 1. The molecular weight excluding hydrogens is 407 g/mol. The zero-order valence-corrected chi connectivity index (χ0v) is 20.4. The molecule has 0 heterocycles. The van der Waals surface area contributed by atoms with Gasteiger partial charge in [-0.25, -0.2) is 4.57 Å². The van der Waals surface area contributed by atoms with Crippen molar-refractivity contribution in [3.05, 3.63) is 12.2 Å². The molecule has 0 aromatic carbocycles. The maximum absolute atomic E-state index is 8.88. The quantitative estimate of drug-likeness (QED) is 0.0939. The third-order valence-corrected chi connectivity index (χ3v) is 5.86. The number of thioether (sulfide) groups is 1. The van der Waals surface area contributed by atoms with Crippen LogP contribution in [0.1, 0.15) is 110 Å². The molecular formula is C22H47O5PS. The maximum Gasteiger partial charge on any atom is 0.466 e. The Kier molecular flexibility index (Phi) is 26.4. The summed E-state index contributed by atoms with van der Waals surface area (Å²) in [6.07, 6.45) is 22.9. The predicted molar refractivity (Wildman–Crippen MR) is 127 cm³/mol. The van der Waals surface area contributed by atoms with Crippen LogP contribution in [-0.2, 0) is 4.57 Å². The lowest BCUT2D eigenvalue weighted by Crippen LogP contribution is -1.92. The number of hydrogen-bond acceptors (Lipinski definition) is 3. The molecule has 0 atom stereocenters. The van der Waals surface area contributed by atoms with Gasteiger partial charge in [0.1, 0.15) is 0 Å². The van der Waals surface area contributed by atoms with Gasteiger partial charge < -0.3 is 19.8 Å². The molecule has 0 fully saturated rings. The van der Waals surface area contributed by atoms with E-state index in [0.29, 0.717) is 0 Å². The van der Waals surface area contributed by atoms with Gasteiger partial charge in [-0.1, -0.05) is 110 Å². The van der Waals surface area contributed by atoms with Crippen LogP contribution < -0.4 is 0 Å². The topological polar surface area (TPSA) is 98.0 Å². The van der Waals surface area contributed by atoms with E-state index < -0.39 is 7.82 Å². The van der Waals surface area contributed by atoms with Crippen LogP contribution in [-0.4, -0.2) is 37.9 Å². The van der Waals surface area contributed by atoms with Gasteiger partial charge in [-0.2, -0.15) is 11.8 Å². The van der Waals surface area contributed by atoms with E-state index in [1.807, 2.05) is 11.8 Å². The fraction of sp³-hybridized carbons (Fsp3) is 0.909. The third-order valence-electron chi connectivity index (χ3n) is 4.67. The number of hydrogen-bond donors (Lipinski definition) is 4. The molecule has 0 saturated carbocycles. The molecule has 0 aromatic heterocycles. The van der Waals surface area contributed by atoms with Gasteiger partial charge in [0.25, 0.3) is 0 Å². The first-order valence-corrected chi connectivity index (χ1v) is 14.2. The van der Waals surface area contributed by atoms with Gasteiger partial charge in [-0.15, -0.1) is 0 Å². The first-order chi connectivity index (χ1) is 13.8. The Balaban J connectivity index is 0. The van der Waals surface area contributed by atoms with Crippen LogP contribution in [0.4, 0.5) is 0 Å². The largest absolute Gasteiger partial charge is 0.466 e. The van der Waals surface area contributed by atoms with Crippen molar-refractivity contribution in [3.63, 3.8) is 0 Å². The smallest absolute Gasteiger partial charge is 0.392 e. The molecule has 0 aliphatic rings. The Labute approximate surface area is 184 Å². The first kappa shape index (κ1) is 31.3. The van der Waals surface area contributed by atoms with Gasteiger partial charge in [-0.05, 0) is 17.7 Å². The zero-order chi connectivity index (χ0) is 22.2. The summed E-state index contributed by atoms with van der Waals surface area (Å²) in [5.41, 5.74) is 0.955. The molecule has 0 aliphatic carbocycles. The summed E-state index contributed by atoms with van der Waals surface area (Å²) in [6.45, 7) is 6.25. The highest BCUT2D eigenvalue weighted by Crippen LogP contribution is 2.25. The normalized spacial score (nSPS) is 11.2. The van der Waals surface area contributed by atoms with Gasteiger partial charge in [0.05, 0.1) is 6.61 Å². The molecule has 0 saturated heterocycles. The molecule has 29 heavy (non-hydrogen) atoms. The van der Waals surface area contributed by atoms with Crippen molar-refractivity contribution in [2.24, 2.45) is 0 Å². The molecule has 7 heteroatoms. The first-order valence-electron chi connectivity index (χ1n) is 11.4. The van der Waals surface area contributed by atoms with Crippen molar-refractivity contribution in [2.45, 2.75) is 110 Å². The Morgan fingerprint density at radius 1 is 0.724 bits per heavy atom. The molecule has 0 spiro atoms. The lowest BCUT2D eigenvalue weighted by Gasteiger charge is -2.04. The van der Waals surface area contributed by atoms with Crippen LogP contribution in [0.2, 0.25) is 0 Å². The second kappa shape index (κ2) is 24.4. The lowest BCUT2D eigenvalue weighted by atomic mass is 10.0. The highest BCUT2D eigenvalue weighted by Gasteiger charge is 2.00. The van der Waals surface area contributed by atoms with E-state index in [4.69, 9.17) is 24.4 Å². The average Bonchev–Trinajstić information content (AvgIpc) is 2.65. The summed E-state index contributed by atoms with van der Waals surface area (Å²) in [6, 6.07) is 0. The van der Waals surface area contributed by atoms with E-state index >= 15 is 0 Å². The van der Waals surface area contributed by atoms with Crippen molar-refractivity contribution >= 4 is 19.6 Å². The number of unbranched alkanes of at least 4 members (excludes halogenated alkanes) is 15. The van der Waals surface area contributed by atoms with Crippen LogP contribution in [0.15, 0.2) is 12.2 Å². The zero-order valence-electron chi connectivity index (χ0n) is 18.7. The van der Waals surface area contributed by atoms with E-state index in [9.17, 15) is 0 Å². The van der Waals surface area contributed by atoms with Crippen molar-refractivity contribution in [2.75, 3.05) is 18.1 Å². The standard InChI is InChI=1S/C22H44OS.H3O4P/c1-3-4-5-6-7-8-9-10-11-12-13-14-15-16-17-18-19-24-21-22(2)20-23;1-5(2,3)4/h23H,2-21H2,1H3;(H3,1,2,3,4). The number of rotatable bonds is 20. The monoisotopic (exact) mass is 454 g/mol. The van der Waals surface area contributed by atoms with E-state index in [-0.39, 0.29) is 6.61 Å². The summed E-state index contributed by atoms with van der Waals surface area (Å²) >= 11 is 1.91. The maximum atomic E-state index is 8.88. The van der Waals surface area contributed by atoms with Crippen LogP contribution in [0.5, 0.6) is 0 Å². The summed E-state index contributed by atoms with van der Waals surface area (Å²) in [7, 11) is -4.64. The molecule has 176 valence electrons. The van der Waals surface area contributed by atoms with Crippen molar-refractivity contribution in [3.8, 4) is 0 Å². The second-order valence-electron chi connectivity index (χ2n) is 7.78. The Bertz CT molecular complexity index is 379. The third kappa shape index (κ3) is 39.2. The van der Waals surface area contributed by atoms with Crippen LogP contribution >= 0.6 is 19.6 Å². The highest BCUT2D eigenvalue weighted by atomic mass is 32.2. The van der Waals surface area contributed by atoms with Crippen LogP contribution in [0, 0.1) is 0 Å². The minimum absolute atomic E-state index is 0.145. The van der Waals surface area contributed by atoms with Crippen LogP contribution in [0.25, 0.3) is 0 Å². The van der Waals surface area contributed by atoms with Gasteiger partial charge >= 0.3 is 7.82 Å². The lowest BCUT2D eigenvalue weighted by molar-refractivity contribution is 0.275. The van der Waals surface area contributed by atoms with Gasteiger partial charge in [0.15, 0.2) is 0 Å². The average molecular weight is 455 g/mol. The minimum atomic E-state index is -4.64. The number of aliphatic hydroxyl groups excluding tert-OH is 1. The van der Waals surface area contributed by atoms with E-state index in [2.05, 4.69) is 13.5 Å². The van der Waals surface area contributed by atoms with Crippen molar-refractivity contribution in [1.82, 2.24) is 0 Å². The molecule has 4 N–H and O–H groups in total. The van der Waals surface area contributed by atoms with Gasteiger partial charge in [0, 0.05) is 5.75 Å². The number of aliphatic hydroxyl groups is 1.